The highest BCUT2D eigenvalue weighted by molar-refractivity contribution is 5.89. The topological polar surface area (TPSA) is 37.3 Å². The third kappa shape index (κ3) is 2.83. The number of carboxylic acid groups (broad SMARTS) is 1. The van der Waals surface area contributed by atoms with E-state index in [1.807, 2.05) is 18.2 Å². The summed E-state index contributed by atoms with van der Waals surface area (Å²) in [5.41, 5.74) is 1.86. The van der Waals surface area contributed by atoms with Crippen LogP contribution in [0.2, 0.25) is 0 Å². The van der Waals surface area contributed by atoms with E-state index in [9.17, 15) is 9.90 Å². The molecule has 2 rings (SSSR count). The molecule has 0 amide bonds. The summed E-state index contributed by atoms with van der Waals surface area (Å²) in [6, 6.07) is 7.51. The molecule has 0 heterocycles. The van der Waals surface area contributed by atoms with Gasteiger partial charge >= 0.3 is 5.97 Å². The number of carbonyl (C=O) groups is 1. The van der Waals surface area contributed by atoms with Crippen LogP contribution < -0.4 is 0 Å². The molecule has 2 heteroatoms. The first-order chi connectivity index (χ1) is 8.94. The molecule has 0 saturated heterocycles. The van der Waals surface area contributed by atoms with Gasteiger partial charge in [-0.3, -0.25) is 0 Å². The Morgan fingerprint density at radius 1 is 1.37 bits per heavy atom. The van der Waals surface area contributed by atoms with Crippen LogP contribution in [0, 0.1) is 11.3 Å². The predicted molar refractivity (Wildman–Crippen MR) is 77.6 cm³/mol. The minimum absolute atomic E-state index is 0.342. The van der Waals surface area contributed by atoms with Gasteiger partial charge in [0.25, 0.3) is 0 Å². The Kier molecular flexibility index (Phi) is 3.98. The van der Waals surface area contributed by atoms with Gasteiger partial charge < -0.3 is 5.11 Å². The van der Waals surface area contributed by atoms with Crippen LogP contribution in [0.25, 0.3) is 0 Å². The summed E-state index contributed by atoms with van der Waals surface area (Å²) in [7, 11) is 0. The van der Waals surface area contributed by atoms with Gasteiger partial charge in [0.2, 0.25) is 0 Å². The van der Waals surface area contributed by atoms with Gasteiger partial charge in [0, 0.05) is 0 Å². The summed E-state index contributed by atoms with van der Waals surface area (Å²) in [6.07, 6.45) is 4.69. The molecule has 1 aliphatic carbocycles. The molecule has 19 heavy (non-hydrogen) atoms. The molecule has 1 aromatic carbocycles. The highest BCUT2D eigenvalue weighted by atomic mass is 16.4. The predicted octanol–water partition coefficient (Wildman–Crippen LogP) is 4.70. The van der Waals surface area contributed by atoms with Crippen LogP contribution in [0.5, 0.6) is 0 Å². The molecule has 0 spiro atoms. The van der Waals surface area contributed by atoms with E-state index in [0.717, 1.165) is 18.4 Å². The van der Waals surface area contributed by atoms with Gasteiger partial charge in [-0.25, -0.2) is 4.79 Å². The van der Waals surface area contributed by atoms with Crippen molar-refractivity contribution in [3.63, 3.8) is 0 Å². The van der Waals surface area contributed by atoms with E-state index in [-0.39, 0.29) is 0 Å². The quantitative estimate of drug-likeness (QED) is 0.855. The van der Waals surface area contributed by atoms with E-state index in [1.54, 1.807) is 6.07 Å². The second kappa shape index (κ2) is 5.36. The van der Waals surface area contributed by atoms with Crippen molar-refractivity contribution >= 4 is 5.97 Å². The van der Waals surface area contributed by atoms with E-state index in [0.29, 0.717) is 22.8 Å². The first kappa shape index (κ1) is 14.1. The van der Waals surface area contributed by atoms with Gasteiger partial charge in [0.1, 0.15) is 0 Å². The maximum atomic E-state index is 11.4. The van der Waals surface area contributed by atoms with Crippen molar-refractivity contribution in [3.05, 3.63) is 35.4 Å². The lowest BCUT2D eigenvalue weighted by Gasteiger charge is -2.42. The fourth-order valence-electron chi connectivity index (χ4n) is 3.36. The number of hydrogen-bond donors (Lipinski definition) is 1. The molecule has 1 aliphatic rings. The first-order valence-electron chi connectivity index (χ1n) is 7.26. The summed E-state index contributed by atoms with van der Waals surface area (Å²) in [4.78, 5) is 11.4. The Hall–Kier alpha value is -1.31. The molecule has 0 aliphatic heterocycles. The van der Waals surface area contributed by atoms with Gasteiger partial charge in [-0.15, -0.1) is 0 Å². The van der Waals surface area contributed by atoms with Gasteiger partial charge in [0.15, 0.2) is 0 Å². The third-order valence-corrected chi connectivity index (χ3v) is 5.04. The Morgan fingerprint density at radius 2 is 2.05 bits per heavy atom. The van der Waals surface area contributed by atoms with Crippen molar-refractivity contribution in [1.29, 1.82) is 0 Å². The molecule has 104 valence electrons. The van der Waals surface area contributed by atoms with Crippen LogP contribution in [0.4, 0.5) is 0 Å². The van der Waals surface area contributed by atoms with E-state index < -0.39 is 5.97 Å². The zero-order valence-electron chi connectivity index (χ0n) is 12.1. The first-order valence-corrected chi connectivity index (χ1v) is 7.26. The second-order valence-electron chi connectivity index (χ2n) is 6.49. The summed E-state index contributed by atoms with van der Waals surface area (Å²) < 4.78 is 0. The fraction of sp³-hybridized carbons (Fsp3) is 0.588. The highest BCUT2D eigenvalue weighted by Gasteiger charge is 2.36. The standard InChI is InChI=1S/C17H24O2/c1-12(2)17(3)10-6-7-13(11-17)14-8-4-5-9-15(14)16(18)19/h4-5,8-9,12-13H,6-7,10-11H2,1-3H3,(H,18,19). The lowest BCUT2D eigenvalue weighted by atomic mass is 9.63. The Labute approximate surface area is 115 Å². The molecule has 0 aromatic heterocycles. The van der Waals surface area contributed by atoms with Gasteiger partial charge in [-0.2, -0.15) is 0 Å². The molecule has 2 unspecified atom stereocenters. The van der Waals surface area contributed by atoms with Crippen molar-refractivity contribution in [3.8, 4) is 0 Å². The average Bonchev–Trinajstić information content (AvgIpc) is 2.38. The van der Waals surface area contributed by atoms with Crippen LogP contribution in [0.15, 0.2) is 24.3 Å². The van der Waals surface area contributed by atoms with Crippen molar-refractivity contribution in [2.75, 3.05) is 0 Å². The molecule has 1 saturated carbocycles. The maximum Gasteiger partial charge on any atom is 0.335 e. The average molecular weight is 260 g/mol. The Morgan fingerprint density at radius 3 is 2.68 bits per heavy atom. The summed E-state index contributed by atoms with van der Waals surface area (Å²) in [6.45, 7) is 6.92. The molecule has 1 aromatic rings. The molecular weight excluding hydrogens is 236 g/mol. The van der Waals surface area contributed by atoms with Gasteiger partial charge in [0.05, 0.1) is 5.56 Å². The van der Waals surface area contributed by atoms with Crippen molar-refractivity contribution in [1.82, 2.24) is 0 Å². The molecule has 2 atom stereocenters. The lowest BCUT2D eigenvalue weighted by molar-refractivity contribution is 0.0692. The summed E-state index contributed by atoms with van der Waals surface area (Å²) >= 11 is 0. The molecule has 0 radical (unpaired) electrons. The van der Waals surface area contributed by atoms with Crippen molar-refractivity contribution in [2.24, 2.45) is 11.3 Å². The van der Waals surface area contributed by atoms with E-state index >= 15 is 0 Å². The Balaban J connectivity index is 2.30. The van der Waals surface area contributed by atoms with Crippen molar-refractivity contribution in [2.45, 2.75) is 52.4 Å². The van der Waals surface area contributed by atoms with E-state index in [1.165, 1.54) is 12.8 Å². The number of rotatable bonds is 3. The molecule has 2 nitrogen and oxygen atoms in total. The van der Waals surface area contributed by atoms with Crippen LogP contribution in [-0.4, -0.2) is 11.1 Å². The van der Waals surface area contributed by atoms with E-state index in [4.69, 9.17) is 0 Å². The minimum atomic E-state index is -0.799. The SMILES string of the molecule is CC(C)C1(C)CCCC(c2ccccc2C(=O)O)C1. The highest BCUT2D eigenvalue weighted by Crippen LogP contribution is 2.48. The smallest absolute Gasteiger partial charge is 0.335 e. The number of benzene rings is 1. The minimum Gasteiger partial charge on any atom is -0.478 e. The maximum absolute atomic E-state index is 11.4. The monoisotopic (exact) mass is 260 g/mol. The Bertz CT molecular complexity index is 464. The summed E-state index contributed by atoms with van der Waals surface area (Å²) in [5, 5.41) is 9.34. The number of carboxylic acids is 1. The zero-order valence-corrected chi connectivity index (χ0v) is 12.1. The lowest BCUT2D eigenvalue weighted by Crippen LogP contribution is -2.30. The zero-order chi connectivity index (χ0) is 14.0. The van der Waals surface area contributed by atoms with Crippen LogP contribution in [0.3, 0.4) is 0 Å². The molecule has 0 bridgehead atoms. The summed E-state index contributed by atoms with van der Waals surface area (Å²) in [5.74, 6) is 0.244. The van der Waals surface area contributed by atoms with Gasteiger partial charge in [-0.05, 0) is 48.1 Å². The normalized spacial score (nSPS) is 27.5. The van der Waals surface area contributed by atoms with E-state index in [2.05, 4.69) is 20.8 Å². The van der Waals surface area contributed by atoms with Crippen LogP contribution in [0.1, 0.15) is 68.3 Å². The molecular formula is C17H24O2. The molecule has 1 fully saturated rings. The third-order valence-electron chi connectivity index (χ3n) is 5.04. The number of aromatic carboxylic acids is 1. The van der Waals surface area contributed by atoms with Crippen LogP contribution in [-0.2, 0) is 0 Å². The van der Waals surface area contributed by atoms with Crippen LogP contribution >= 0.6 is 0 Å². The van der Waals surface area contributed by atoms with Crippen molar-refractivity contribution < 1.29 is 9.90 Å². The largest absolute Gasteiger partial charge is 0.478 e. The molecule has 1 N–H and O–H groups in total. The second-order valence-corrected chi connectivity index (χ2v) is 6.49. The van der Waals surface area contributed by atoms with Gasteiger partial charge in [-0.1, -0.05) is 45.4 Å². The number of hydrogen-bond acceptors (Lipinski definition) is 1. The fourth-order valence-corrected chi connectivity index (χ4v) is 3.36.